The topological polar surface area (TPSA) is 12.0 Å². The Balaban J connectivity index is 2.13. The molecular formula is C15H20F3N. The van der Waals surface area contributed by atoms with Crippen LogP contribution in [0.3, 0.4) is 0 Å². The molecule has 3 unspecified atom stereocenters. The summed E-state index contributed by atoms with van der Waals surface area (Å²) in [5.41, 5.74) is 0.394. The van der Waals surface area contributed by atoms with E-state index in [1.54, 1.807) is 12.1 Å². The molecule has 2 rings (SSSR count). The molecule has 0 spiro atoms. The molecule has 0 heterocycles. The van der Waals surface area contributed by atoms with Crippen LogP contribution in [0.2, 0.25) is 0 Å². The van der Waals surface area contributed by atoms with E-state index in [0.717, 1.165) is 24.9 Å². The van der Waals surface area contributed by atoms with Gasteiger partial charge in [-0.2, -0.15) is 13.2 Å². The van der Waals surface area contributed by atoms with Gasteiger partial charge in [0.2, 0.25) is 0 Å². The SMILES string of the molecule is CCCNC(c1ccc(C(F)(F)F)cc1)C1CC1C. The van der Waals surface area contributed by atoms with Gasteiger partial charge in [0.1, 0.15) is 0 Å². The van der Waals surface area contributed by atoms with Crippen LogP contribution in [0.15, 0.2) is 24.3 Å². The van der Waals surface area contributed by atoms with E-state index in [9.17, 15) is 13.2 Å². The van der Waals surface area contributed by atoms with E-state index in [2.05, 4.69) is 19.2 Å². The molecule has 1 aliphatic carbocycles. The van der Waals surface area contributed by atoms with Crippen molar-refractivity contribution < 1.29 is 13.2 Å². The lowest BCUT2D eigenvalue weighted by atomic mass is 9.99. The molecule has 0 aromatic heterocycles. The van der Waals surface area contributed by atoms with Gasteiger partial charge in [-0.05, 0) is 48.9 Å². The molecule has 1 fully saturated rings. The molecule has 0 radical (unpaired) electrons. The second-order valence-electron chi connectivity index (χ2n) is 5.43. The lowest BCUT2D eigenvalue weighted by molar-refractivity contribution is -0.137. The summed E-state index contributed by atoms with van der Waals surface area (Å²) in [5.74, 6) is 1.22. The summed E-state index contributed by atoms with van der Waals surface area (Å²) in [6, 6.07) is 5.78. The lowest BCUT2D eigenvalue weighted by Gasteiger charge is -2.19. The van der Waals surface area contributed by atoms with Gasteiger partial charge in [-0.15, -0.1) is 0 Å². The summed E-state index contributed by atoms with van der Waals surface area (Å²) in [6.07, 6.45) is -2.07. The van der Waals surface area contributed by atoms with Crippen molar-refractivity contribution in [3.63, 3.8) is 0 Å². The molecule has 1 aromatic rings. The minimum Gasteiger partial charge on any atom is -0.310 e. The quantitative estimate of drug-likeness (QED) is 0.836. The van der Waals surface area contributed by atoms with Crippen molar-refractivity contribution in [2.24, 2.45) is 11.8 Å². The summed E-state index contributed by atoms with van der Waals surface area (Å²) in [7, 11) is 0. The number of alkyl halides is 3. The van der Waals surface area contributed by atoms with Crippen LogP contribution in [0.1, 0.15) is 43.9 Å². The van der Waals surface area contributed by atoms with E-state index in [-0.39, 0.29) is 6.04 Å². The van der Waals surface area contributed by atoms with Crippen LogP contribution < -0.4 is 5.32 Å². The molecule has 0 saturated heterocycles. The van der Waals surface area contributed by atoms with Crippen LogP contribution in [0.25, 0.3) is 0 Å². The smallest absolute Gasteiger partial charge is 0.310 e. The van der Waals surface area contributed by atoms with Crippen molar-refractivity contribution in [2.75, 3.05) is 6.54 Å². The highest BCUT2D eigenvalue weighted by atomic mass is 19.4. The van der Waals surface area contributed by atoms with Crippen LogP contribution in [-0.4, -0.2) is 6.54 Å². The minimum absolute atomic E-state index is 0.192. The molecule has 0 aliphatic heterocycles. The zero-order valence-electron chi connectivity index (χ0n) is 11.3. The third-order valence-electron chi connectivity index (χ3n) is 3.81. The van der Waals surface area contributed by atoms with Crippen LogP contribution in [-0.2, 0) is 6.18 Å². The van der Waals surface area contributed by atoms with Crippen molar-refractivity contribution in [3.05, 3.63) is 35.4 Å². The highest BCUT2D eigenvalue weighted by Crippen LogP contribution is 2.47. The van der Waals surface area contributed by atoms with Crippen molar-refractivity contribution in [1.29, 1.82) is 0 Å². The molecular weight excluding hydrogens is 251 g/mol. The molecule has 1 aliphatic rings. The first kappa shape index (κ1) is 14.4. The Hall–Kier alpha value is -1.03. The summed E-state index contributed by atoms with van der Waals surface area (Å²) in [5, 5.41) is 3.46. The fourth-order valence-electron chi connectivity index (χ4n) is 2.51. The Morgan fingerprint density at radius 1 is 1.26 bits per heavy atom. The molecule has 0 amide bonds. The molecule has 19 heavy (non-hydrogen) atoms. The van der Waals surface area contributed by atoms with Crippen molar-refractivity contribution in [2.45, 2.75) is 38.9 Å². The maximum atomic E-state index is 12.5. The lowest BCUT2D eigenvalue weighted by Crippen LogP contribution is -2.24. The van der Waals surface area contributed by atoms with Crippen molar-refractivity contribution in [3.8, 4) is 0 Å². The predicted molar refractivity (Wildman–Crippen MR) is 69.7 cm³/mol. The maximum Gasteiger partial charge on any atom is 0.416 e. The number of nitrogens with one attached hydrogen (secondary N) is 1. The van der Waals surface area contributed by atoms with Gasteiger partial charge in [0, 0.05) is 6.04 Å². The third kappa shape index (κ3) is 3.50. The van der Waals surface area contributed by atoms with Crippen LogP contribution in [0.5, 0.6) is 0 Å². The number of rotatable bonds is 5. The summed E-state index contributed by atoms with van der Waals surface area (Å²) in [6.45, 7) is 5.18. The van der Waals surface area contributed by atoms with Crippen molar-refractivity contribution >= 4 is 0 Å². The van der Waals surface area contributed by atoms with Crippen LogP contribution >= 0.6 is 0 Å². The Kier molecular flexibility index (Phi) is 4.19. The normalized spacial score (nSPS) is 24.3. The third-order valence-corrected chi connectivity index (χ3v) is 3.81. The van der Waals surface area contributed by atoms with E-state index in [1.165, 1.54) is 12.1 Å². The number of benzene rings is 1. The Morgan fingerprint density at radius 3 is 2.26 bits per heavy atom. The zero-order valence-corrected chi connectivity index (χ0v) is 11.3. The van der Waals surface area contributed by atoms with Gasteiger partial charge in [-0.25, -0.2) is 0 Å². The molecule has 1 N–H and O–H groups in total. The molecule has 106 valence electrons. The molecule has 4 heteroatoms. The molecule has 1 nitrogen and oxygen atoms in total. The average Bonchev–Trinajstić information content (AvgIpc) is 3.06. The average molecular weight is 271 g/mol. The predicted octanol–water partition coefficient (Wildman–Crippen LogP) is 4.40. The second-order valence-corrected chi connectivity index (χ2v) is 5.43. The number of hydrogen-bond donors (Lipinski definition) is 1. The van der Waals surface area contributed by atoms with E-state index >= 15 is 0 Å². The molecule has 0 bridgehead atoms. The molecule has 3 atom stereocenters. The van der Waals surface area contributed by atoms with Gasteiger partial charge in [0.25, 0.3) is 0 Å². The number of hydrogen-bond acceptors (Lipinski definition) is 1. The van der Waals surface area contributed by atoms with E-state index in [4.69, 9.17) is 0 Å². The van der Waals surface area contributed by atoms with Gasteiger partial charge in [-0.3, -0.25) is 0 Å². The van der Waals surface area contributed by atoms with Gasteiger partial charge < -0.3 is 5.32 Å². The molecule has 1 aromatic carbocycles. The van der Waals surface area contributed by atoms with Gasteiger partial charge in [0.15, 0.2) is 0 Å². The zero-order chi connectivity index (χ0) is 14.0. The standard InChI is InChI=1S/C15H20F3N/c1-3-8-19-14(13-9-10(13)2)11-4-6-12(7-5-11)15(16,17)18/h4-7,10,13-14,19H,3,8-9H2,1-2H3. The van der Waals surface area contributed by atoms with E-state index < -0.39 is 11.7 Å². The minimum atomic E-state index is -4.25. The Morgan fingerprint density at radius 2 is 1.84 bits per heavy atom. The first-order chi connectivity index (χ1) is 8.93. The highest BCUT2D eigenvalue weighted by Gasteiger charge is 2.40. The van der Waals surface area contributed by atoms with E-state index in [0.29, 0.717) is 11.8 Å². The van der Waals surface area contributed by atoms with Crippen molar-refractivity contribution in [1.82, 2.24) is 5.32 Å². The Bertz CT molecular complexity index is 410. The Labute approximate surface area is 112 Å². The molecule has 1 saturated carbocycles. The first-order valence-electron chi connectivity index (χ1n) is 6.84. The maximum absolute atomic E-state index is 12.5. The first-order valence-corrected chi connectivity index (χ1v) is 6.84. The summed E-state index contributed by atoms with van der Waals surface area (Å²) < 4.78 is 37.6. The largest absolute Gasteiger partial charge is 0.416 e. The van der Waals surface area contributed by atoms with Gasteiger partial charge in [-0.1, -0.05) is 26.0 Å². The fourth-order valence-corrected chi connectivity index (χ4v) is 2.51. The highest BCUT2D eigenvalue weighted by molar-refractivity contribution is 5.28. The second kappa shape index (κ2) is 5.53. The fraction of sp³-hybridized carbons (Fsp3) is 0.600. The summed E-state index contributed by atoms with van der Waals surface area (Å²) >= 11 is 0. The van der Waals surface area contributed by atoms with Gasteiger partial charge in [0.05, 0.1) is 5.56 Å². The van der Waals surface area contributed by atoms with Gasteiger partial charge >= 0.3 is 6.18 Å². The monoisotopic (exact) mass is 271 g/mol. The van der Waals surface area contributed by atoms with Crippen LogP contribution in [0.4, 0.5) is 13.2 Å². The number of halogens is 3. The summed E-state index contributed by atoms with van der Waals surface area (Å²) in [4.78, 5) is 0. The van der Waals surface area contributed by atoms with E-state index in [1.807, 2.05) is 0 Å². The van der Waals surface area contributed by atoms with Crippen LogP contribution in [0, 0.1) is 11.8 Å².